The summed E-state index contributed by atoms with van der Waals surface area (Å²) in [7, 11) is 1.21. The number of rotatable bonds is 9. The van der Waals surface area contributed by atoms with Crippen molar-refractivity contribution in [2.24, 2.45) is 0 Å². The van der Waals surface area contributed by atoms with Crippen molar-refractivity contribution < 1.29 is 42.7 Å². The zero-order chi connectivity index (χ0) is 35.9. The van der Waals surface area contributed by atoms with Gasteiger partial charge in [-0.3, -0.25) is 24.1 Å². The summed E-state index contributed by atoms with van der Waals surface area (Å²) in [4.78, 5) is 84.9. The SMILES string of the molecule is COC(=O)C1CCc2nc3c(cccc3o2)C[C@H](NC(=O)OCc2ccccc2)C(=O)NC(CCCCN2C(=O)c3ccccc3C2=O)C(=O)N1. The molecule has 3 heterocycles. The number of alkyl carbamates (subject to hydrolysis) is 1. The highest BCUT2D eigenvalue weighted by Gasteiger charge is 2.35. The lowest BCUT2D eigenvalue weighted by Crippen LogP contribution is -2.56. The van der Waals surface area contributed by atoms with E-state index in [1.807, 2.05) is 18.2 Å². The number of hydrogen-bond acceptors (Lipinski definition) is 10. The van der Waals surface area contributed by atoms with Gasteiger partial charge in [-0.25, -0.2) is 14.6 Å². The Bertz CT molecular complexity index is 1930. The Morgan fingerprint density at radius 1 is 0.902 bits per heavy atom. The molecule has 3 N–H and O–H groups in total. The number of ether oxygens (including phenoxy) is 2. The van der Waals surface area contributed by atoms with Gasteiger partial charge in [0.25, 0.3) is 11.8 Å². The number of fused-ring (bicyclic) bond motifs is 2. The number of imide groups is 1. The largest absolute Gasteiger partial charge is 0.467 e. The van der Waals surface area contributed by atoms with E-state index in [9.17, 15) is 28.8 Å². The van der Waals surface area contributed by atoms with Crippen molar-refractivity contribution >= 4 is 46.8 Å². The van der Waals surface area contributed by atoms with Crippen LogP contribution in [0.5, 0.6) is 0 Å². The molecule has 0 saturated carbocycles. The number of amides is 5. The van der Waals surface area contributed by atoms with Crippen LogP contribution in [0.15, 0.2) is 77.2 Å². The van der Waals surface area contributed by atoms with Gasteiger partial charge >= 0.3 is 12.1 Å². The van der Waals surface area contributed by atoms with Crippen molar-refractivity contribution in [1.29, 1.82) is 0 Å². The zero-order valence-corrected chi connectivity index (χ0v) is 27.9. The number of hydrogen-bond donors (Lipinski definition) is 3. The Hall–Kier alpha value is -6.05. The molecule has 51 heavy (non-hydrogen) atoms. The molecule has 5 amide bonds. The number of aryl methyl sites for hydroxylation is 1. The summed E-state index contributed by atoms with van der Waals surface area (Å²) >= 11 is 0. The van der Waals surface area contributed by atoms with E-state index in [-0.39, 0.29) is 50.6 Å². The van der Waals surface area contributed by atoms with Crippen LogP contribution in [0.2, 0.25) is 0 Å². The maximum atomic E-state index is 14.0. The minimum Gasteiger partial charge on any atom is -0.467 e. The van der Waals surface area contributed by atoms with Gasteiger partial charge in [-0.1, -0.05) is 54.6 Å². The second kappa shape index (κ2) is 15.7. The van der Waals surface area contributed by atoms with Gasteiger partial charge in [-0.05, 0) is 55.0 Å². The van der Waals surface area contributed by atoms with E-state index in [1.54, 1.807) is 54.6 Å². The molecule has 2 bridgehead atoms. The molecule has 0 radical (unpaired) electrons. The van der Waals surface area contributed by atoms with Crippen molar-refractivity contribution in [1.82, 2.24) is 25.8 Å². The number of oxazole rings is 1. The highest BCUT2D eigenvalue weighted by atomic mass is 16.5. The predicted molar refractivity (Wildman–Crippen MR) is 181 cm³/mol. The summed E-state index contributed by atoms with van der Waals surface area (Å²) in [5.41, 5.74) is 2.98. The highest BCUT2D eigenvalue weighted by molar-refractivity contribution is 6.21. The molecule has 0 fully saturated rings. The monoisotopic (exact) mass is 695 g/mol. The molecule has 264 valence electrons. The summed E-state index contributed by atoms with van der Waals surface area (Å²) in [5.74, 6) is -2.48. The highest BCUT2D eigenvalue weighted by Crippen LogP contribution is 2.24. The van der Waals surface area contributed by atoms with Crippen LogP contribution in [0.3, 0.4) is 0 Å². The minimum atomic E-state index is -1.20. The Balaban J connectivity index is 1.22. The quantitative estimate of drug-likeness (QED) is 0.133. The molecule has 0 spiro atoms. The number of para-hydroxylation sites is 1. The maximum absolute atomic E-state index is 14.0. The molecule has 6 rings (SSSR count). The van der Waals surface area contributed by atoms with Crippen molar-refractivity contribution in [2.45, 2.75) is 63.3 Å². The molecule has 2 aliphatic rings. The molecular weight excluding hydrogens is 658 g/mol. The van der Waals surface area contributed by atoms with E-state index in [1.165, 1.54) is 12.0 Å². The second-order valence-corrected chi connectivity index (χ2v) is 12.3. The summed E-state index contributed by atoms with van der Waals surface area (Å²) in [6, 6.07) is 17.4. The number of carbonyl (C=O) groups is 6. The van der Waals surface area contributed by atoms with Crippen LogP contribution in [0, 0.1) is 0 Å². The lowest BCUT2D eigenvalue weighted by atomic mass is 10.0. The summed E-state index contributed by atoms with van der Waals surface area (Å²) < 4.78 is 16.3. The number of nitrogens with one attached hydrogen (secondary N) is 3. The lowest BCUT2D eigenvalue weighted by molar-refractivity contribution is -0.145. The maximum Gasteiger partial charge on any atom is 0.408 e. The normalized spacial score (nSPS) is 19.2. The number of carbonyl (C=O) groups excluding carboxylic acids is 6. The van der Waals surface area contributed by atoms with Crippen LogP contribution in [-0.2, 0) is 43.3 Å². The number of nitrogens with zero attached hydrogens (tertiary/aromatic N) is 2. The van der Waals surface area contributed by atoms with Crippen molar-refractivity contribution in [3.63, 3.8) is 0 Å². The zero-order valence-electron chi connectivity index (χ0n) is 27.9. The topological polar surface area (TPSA) is 186 Å². The van der Waals surface area contributed by atoms with E-state index >= 15 is 0 Å². The van der Waals surface area contributed by atoms with E-state index in [4.69, 9.17) is 13.9 Å². The van der Waals surface area contributed by atoms with E-state index in [0.29, 0.717) is 46.5 Å². The van der Waals surface area contributed by atoms with Crippen molar-refractivity contribution in [3.8, 4) is 0 Å². The number of esters is 1. The fourth-order valence-corrected chi connectivity index (χ4v) is 6.19. The summed E-state index contributed by atoms with van der Waals surface area (Å²) in [5, 5.41) is 8.08. The Kier molecular flexibility index (Phi) is 10.7. The van der Waals surface area contributed by atoms with Gasteiger partial charge in [0, 0.05) is 19.4 Å². The van der Waals surface area contributed by atoms with E-state index in [0.717, 1.165) is 5.56 Å². The molecule has 3 atom stereocenters. The molecule has 0 aliphatic carbocycles. The second-order valence-electron chi connectivity index (χ2n) is 12.3. The first-order chi connectivity index (χ1) is 24.7. The number of methoxy groups -OCH3 is 1. The van der Waals surface area contributed by atoms with Crippen LogP contribution in [0.4, 0.5) is 4.79 Å². The van der Waals surface area contributed by atoms with Crippen LogP contribution < -0.4 is 16.0 Å². The fraction of sp³-hybridized carbons (Fsp3) is 0.324. The van der Waals surface area contributed by atoms with E-state index in [2.05, 4.69) is 20.9 Å². The third-order valence-electron chi connectivity index (χ3n) is 8.88. The van der Waals surface area contributed by atoms with Gasteiger partial charge in [0.15, 0.2) is 11.5 Å². The molecule has 14 nitrogen and oxygen atoms in total. The molecule has 1 aromatic heterocycles. The van der Waals surface area contributed by atoms with Crippen LogP contribution in [-0.4, -0.2) is 77.4 Å². The van der Waals surface area contributed by atoms with Gasteiger partial charge < -0.3 is 29.8 Å². The Labute approximate surface area is 292 Å². The smallest absolute Gasteiger partial charge is 0.408 e. The first-order valence-corrected chi connectivity index (χ1v) is 16.7. The molecular formula is C37H37N5O9. The third-order valence-corrected chi connectivity index (χ3v) is 8.88. The first-order valence-electron chi connectivity index (χ1n) is 16.7. The van der Waals surface area contributed by atoms with Crippen molar-refractivity contribution in [3.05, 3.63) is 101 Å². The Morgan fingerprint density at radius 3 is 2.35 bits per heavy atom. The molecule has 0 saturated heterocycles. The van der Waals surface area contributed by atoms with Crippen LogP contribution in [0.1, 0.15) is 63.4 Å². The summed E-state index contributed by atoms with van der Waals surface area (Å²) in [6.45, 7) is 0.0778. The average molecular weight is 696 g/mol. The molecule has 3 aromatic carbocycles. The molecule has 2 unspecified atom stereocenters. The van der Waals surface area contributed by atoms with Gasteiger partial charge in [-0.15, -0.1) is 0 Å². The van der Waals surface area contributed by atoms with Crippen LogP contribution in [0.25, 0.3) is 11.1 Å². The first kappa shape index (κ1) is 34.8. The fourth-order valence-electron chi connectivity index (χ4n) is 6.19. The number of aromatic nitrogens is 1. The standard InChI is InChI=1S/C37H37N5O9/c1-49-36(47)27-17-18-30-41-31-23(12-9-16-29(31)51-30)20-28(40-37(48)50-21-22-10-3-2-4-11-22)33(44)38-26(32(43)39-27)15-7-8-19-42-34(45)24-13-5-6-14-25(24)35(42)46/h2-6,9-14,16,26-28H,7-8,15,17-21H2,1H3,(H,38,44)(H,39,43)(H,40,48)/t26?,27?,28-/m0/s1. The van der Waals surface area contributed by atoms with Gasteiger partial charge in [0.2, 0.25) is 11.8 Å². The average Bonchev–Trinajstić information content (AvgIpc) is 3.67. The predicted octanol–water partition coefficient (Wildman–Crippen LogP) is 3.22. The third kappa shape index (κ3) is 8.06. The Morgan fingerprint density at radius 2 is 1.63 bits per heavy atom. The van der Waals surface area contributed by atoms with Gasteiger partial charge in [-0.2, -0.15) is 0 Å². The summed E-state index contributed by atoms with van der Waals surface area (Å²) in [6.07, 6.45) is 0.206. The van der Waals surface area contributed by atoms with E-state index < -0.39 is 42.0 Å². The van der Waals surface area contributed by atoms with Gasteiger partial charge in [0.05, 0.1) is 18.2 Å². The van der Waals surface area contributed by atoms with Gasteiger partial charge in [0.1, 0.15) is 30.2 Å². The van der Waals surface area contributed by atoms with Crippen LogP contribution >= 0.6 is 0 Å². The molecule has 4 aromatic rings. The minimum absolute atomic E-state index is 0.00551. The number of benzene rings is 3. The lowest BCUT2D eigenvalue weighted by Gasteiger charge is -2.25. The molecule has 14 heteroatoms. The van der Waals surface area contributed by atoms with Crippen molar-refractivity contribution in [2.75, 3.05) is 13.7 Å². The number of unbranched alkanes of at least 4 members (excludes halogenated alkanes) is 1. The molecule has 2 aliphatic heterocycles.